The lowest BCUT2D eigenvalue weighted by atomic mass is 10.2. The van der Waals surface area contributed by atoms with Gasteiger partial charge in [-0.3, -0.25) is 4.90 Å². The van der Waals surface area contributed by atoms with E-state index >= 15 is 0 Å². The van der Waals surface area contributed by atoms with Crippen LogP contribution in [-0.2, 0) is 6.54 Å². The average Bonchev–Trinajstić information content (AvgIpc) is 2.60. The maximum absolute atomic E-state index is 6.14. The van der Waals surface area contributed by atoms with Crippen molar-refractivity contribution >= 4 is 17.2 Å². The minimum absolute atomic E-state index is 0.722. The van der Waals surface area contributed by atoms with Crippen LogP contribution in [0.4, 0.5) is 0 Å². The summed E-state index contributed by atoms with van der Waals surface area (Å²) in [6.07, 6.45) is 9.45. The molecule has 2 aromatic heterocycles. The molecule has 0 aliphatic carbocycles. The quantitative estimate of drug-likeness (QED) is 0.828. The van der Waals surface area contributed by atoms with Gasteiger partial charge in [0.05, 0.1) is 10.7 Å². The number of nitrogens with zero attached hydrogens (tertiary/aromatic N) is 3. The molecule has 2 aromatic rings. The van der Waals surface area contributed by atoms with E-state index in [0.717, 1.165) is 22.9 Å². The van der Waals surface area contributed by atoms with Gasteiger partial charge < -0.3 is 4.40 Å². The van der Waals surface area contributed by atoms with Gasteiger partial charge in [0.2, 0.25) is 0 Å². The van der Waals surface area contributed by atoms with E-state index in [1.165, 1.54) is 38.8 Å². The third-order valence-corrected chi connectivity index (χ3v) is 3.86. The molecule has 3 nitrogen and oxygen atoms in total. The van der Waals surface area contributed by atoms with Crippen LogP contribution < -0.4 is 0 Å². The van der Waals surface area contributed by atoms with Gasteiger partial charge in [-0.1, -0.05) is 24.4 Å². The molecular formula is C14H18ClN3. The Labute approximate surface area is 112 Å². The van der Waals surface area contributed by atoms with Crippen LogP contribution in [0.5, 0.6) is 0 Å². The summed E-state index contributed by atoms with van der Waals surface area (Å²) in [5.74, 6) is 0. The van der Waals surface area contributed by atoms with Crippen LogP contribution in [0.15, 0.2) is 24.5 Å². The fourth-order valence-corrected chi connectivity index (χ4v) is 2.84. The van der Waals surface area contributed by atoms with Crippen molar-refractivity contribution in [2.24, 2.45) is 0 Å². The van der Waals surface area contributed by atoms with Crippen molar-refractivity contribution in [3.8, 4) is 0 Å². The van der Waals surface area contributed by atoms with Crippen LogP contribution in [0.2, 0.25) is 5.02 Å². The van der Waals surface area contributed by atoms with Crippen LogP contribution in [0, 0.1) is 0 Å². The van der Waals surface area contributed by atoms with Crippen LogP contribution in [0.3, 0.4) is 0 Å². The average molecular weight is 264 g/mol. The summed E-state index contributed by atoms with van der Waals surface area (Å²) < 4.78 is 2.01. The number of hydrogen-bond acceptors (Lipinski definition) is 2. The van der Waals surface area contributed by atoms with Gasteiger partial charge >= 0.3 is 0 Å². The largest absolute Gasteiger partial charge is 0.306 e. The summed E-state index contributed by atoms with van der Waals surface area (Å²) in [5, 5.41) is 0.722. The lowest BCUT2D eigenvalue weighted by Gasteiger charge is -2.17. The first kappa shape index (κ1) is 12.0. The minimum atomic E-state index is 0.722. The van der Waals surface area contributed by atoms with Gasteiger partial charge in [-0.15, -0.1) is 0 Å². The highest BCUT2D eigenvalue weighted by Gasteiger charge is 2.12. The Morgan fingerprint density at radius 3 is 2.67 bits per heavy atom. The van der Waals surface area contributed by atoms with Gasteiger partial charge in [0.15, 0.2) is 5.65 Å². The van der Waals surface area contributed by atoms with Crippen molar-refractivity contribution in [2.45, 2.75) is 32.2 Å². The Balaban J connectivity index is 1.79. The first-order chi connectivity index (χ1) is 8.83. The second kappa shape index (κ2) is 5.29. The van der Waals surface area contributed by atoms with Crippen molar-refractivity contribution in [3.05, 3.63) is 35.2 Å². The number of fused-ring (bicyclic) bond motifs is 1. The minimum Gasteiger partial charge on any atom is -0.306 e. The van der Waals surface area contributed by atoms with Gasteiger partial charge in [-0.2, -0.15) is 0 Å². The molecule has 96 valence electrons. The molecule has 3 rings (SSSR count). The Morgan fingerprint density at radius 2 is 1.94 bits per heavy atom. The smallest absolute Gasteiger partial charge is 0.155 e. The molecule has 1 aliphatic heterocycles. The Morgan fingerprint density at radius 1 is 1.17 bits per heavy atom. The predicted octanol–water partition coefficient (Wildman–Crippen LogP) is 3.36. The van der Waals surface area contributed by atoms with Crippen molar-refractivity contribution in [3.63, 3.8) is 0 Å². The van der Waals surface area contributed by atoms with E-state index < -0.39 is 0 Å². The van der Waals surface area contributed by atoms with Crippen LogP contribution in [-0.4, -0.2) is 27.4 Å². The first-order valence-corrected chi connectivity index (χ1v) is 7.05. The van der Waals surface area contributed by atoms with Crippen molar-refractivity contribution in [1.82, 2.24) is 14.3 Å². The molecule has 1 aliphatic rings. The van der Waals surface area contributed by atoms with Crippen molar-refractivity contribution < 1.29 is 0 Å². The maximum Gasteiger partial charge on any atom is 0.155 e. The normalized spacial score (nSPS) is 18.1. The van der Waals surface area contributed by atoms with E-state index in [1.807, 2.05) is 22.7 Å². The third kappa shape index (κ3) is 2.52. The zero-order valence-electron chi connectivity index (χ0n) is 10.5. The molecule has 0 radical (unpaired) electrons. The molecule has 4 heteroatoms. The highest BCUT2D eigenvalue weighted by atomic mass is 35.5. The predicted molar refractivity (Wildman–Crippen MR) is 73.9 cm³/mol. The molecule has 0 unspecified atom stereocenters. The summed E-state index contributed by atoms with van der Waals surface area (Å²) in [5.41, 5.74) is 1.98. The topological polar surface area (TPSA) is 20.5 Å². The fourth-order valence-electron chi connectivity index (χ4n) is 2.63. The number of imidazole rings is 1. The van der Waals surface area contributed by atoms with E-state index in [9.17, 15) is 0 Å². The number of aromatic nitrogens is 2. The lowest BCUT2D eigenvalue weighted by Crippen LogP contribution is -2.24. The van der Waals surface area contributed by atoms with E-state index in [-0.39, 0.29) is 0 Å². The van der Waals surface area contributed by atoms with E-state index in [2.05, 4.69) is 16.1 Å². The summed E-state index contributed by atoms with van der Waals surface area (Å²) in [7, 11) is 0. The number of pyridine rings is 1. The Bertz CT molecular complexity index is 527. The number of halogens is 1. The van der Waals surface area contributed by atoms with Crippen LogP contribution >= 0.6 is 11.6 Å². The second-order valence-corrected chi connectivity index (χ2v) is 5.42. The molecule has 0 spiro atoms. The summed E-state index contributed by atoms with van der Waals surface area (Å²) in [6.45, 7) is 3.33. The fraction of sp³-hybridized carbons (Fsp3) is 0.500. The van der Waals surface area contributed by atoms with Crippen LogP contribution in [0.25, 0.3) is 5.65 Å². The van der Waals surface area contributed by atoms with Gasteiger partial charge in [-0.25, -0.2) is 4.98 Å². The standard InChI is InChI=1S/C14H18ClN3/c15-13-6-5-9-18-11-12(16-14(13)18)10-17-7-3-1-2-4-8-17/h5-6,9,11H,1-4,7-8,10H2. The third-order valence-electron chi connectivity index (χ3n) is 3.57. The van der Waals surface area contributed by atoms with Crippen molar-refractivity contribution in [1.29, 1.82) is 0 Å². The number of hydrogen-bond donors (Lipinski definition) is 0. The highest BCUT2D eigenvalue weighted by molar-refractivity contribution is 6.33. The van der Waals surface area contributed by atoms with E-state index in [1.54, 1.807) is 0 Å². The molecule has 0 bridgehead atoms. The van der Waals surface area contributed by atoms with Crippen LogP contribution in [0.1, 0.15) is 31.4 Å². The lowest BCUT2D eigenvalue weighted by molar-refractivity contribution is 0.274. The Kier molecular flexibility index (Phi) is 3.52. The molecule has 0 saturated carbocycles. The maximum atomic E-state index is 6.14. The monoisotopic (exact) mass is 263 g/mol. The van der Waals surface area contributed by atoms with Gasteiger partial charge in [0.25, 0.3) is 0 Å². The molecule has 0 aromatic carbocycles. The molecular weight excluding hydrogens is 246 g/mol. The summed E-state index contributed by atoms with van der Waals surface area (Å²) >= 11 is 6.14. The summed E-state index contributed by atoms with van der Waals surface area (Å²) in [6, 6.07) is 3.84. The second-order valence-electron chi connectivity index (χ2n) is 5.01. The molecule has 3 heterocycles. The molecule has 0 N–H and O–H groups in total. The Hall–Kier alpha value is -1.06. The molecule has 18 heavy (non-hydrogen) atoms. The molecule has 0 amide bonds. The number of likely N-dealkylation sites (tertiary alicyclic amines) is 1. The highest BCUT2D eigenvalue weighted by Crippen LogP contribution is 2.18. The van der Waals surface area contributed by atoms with Crippen molar-refractivity contribution in [2.75, 3.05) is 13.1 Å². The SMILES string of the molecule is Clc1cccn2cc(CN3CCCCCC3)nc12. The van der Waals surface area contributed by atoms with Gasteiger partial charge in [-0.05, 0) is 38.1 Å². The molecule has 1 saturated heterocycles. The molecule has 1 fully saturated rings. The summed E-state index contributed by atoms with van der Waals surface area (Å²) in [4.78, 5) is 7.13. The van der Waals surface area contributed by atoms with E-state index in [0.29, 0.717) is 0 Å². The zero-order valence-corrected chi connectivity index (χ0v) is 11.2. The number of rotatable bonds is 2. The van der Waals surface area contributed by atoms with Gasteiger partial charge in [0, 0.05) is 18.9 Å². The zero-order chi connectivity index (χ0) is 12.4. The first-order valence-electron chi connectivity index (χ1n) is 6.67. The van der Waals surface area contributed by atoms with Gasteiger partial charge in [0.1, 0.15) is 0 Å². The molecule has 0 atom stereocenters. The van der Waals surface area contributed by atoms with E-state index in [4.69, 9.17) is 11.6 Å².